The zero-order valence-electron chi connectivity index (χ0n) is 19.8. The molecule has 2 N–H and O–H groups in total. The first-order valence-electron chi connectivity index (χ1n) is 11.3. The standard InChI is InChI=1S/C28H23Cl2N3O4/c1-18(34)31-22-11-8-19(9-12-22)27(35)32-26-13-10-21(29)15-20(26)16-33(17-23-5-4-14-37-23)28(36)24-6-2-3-7-25(24)30/h2-15H,16-17H2,1H3,(H,31,34)(H,32,35). The maximum Gasteiger partial charge on any atom is 0.256 e. The molecule has 4 rings (SSSR count). The van der Waals surface area contributed by atoms with Gasteiger partial charge < -0.3 is 20.0 Å². The third-order valence-corrected chi connectivity index (χ3v) is 6.03. The second-order valence-corrected chi connectivity index (χ2v) is 9.08. The molecule has 0 aliphatic rings. The highest BCUT2D eigenvalue weighted by atomic mass is 35.5. The first kappa shape index (κ1) is 26.0. The van der Waals surface area contributed by atoms with Gasteiger partial charge in [-0.3, -0.25) is 14.4 Å². The van der Waals surface area contributed by atoms with Gasteiger partial charge in [0, 0.05) is 35.4 Å². The average Bonchev–Trinajstić information content (AvgIpc) is 3.38. The summed E-state index contributed by atoms with van der Waals surface area (Å²) < 4.78 is 5.48. The molecule has 7 nitrogen and oxygen atoms in total. The molecule has 0 bridgehead atoms. The molecule has 0 radical (unpaired) electrons. The van der Waals surface area contributed by atoms with Crippen LogP contribution in [-0.2, 0) is 17.9 Å². The van der Waals surface area contributed by atoms with Gasteiger partial charge in [-0.1, -0.05) is 35.3 Å². The van der Waals surface area contributed by atoms with Crippen LogP contribution in [0.1, 0.15) is 39.0 Å². The molecule has 0 spiro atoms. The fraction of sp³-hybridized carbons (Fsp3) is 0.107. The van der Waals surface area contributed by atoms with Crippen LogP contribution in [0.5, 0.6) is 0 Å². The Kier molecular flexibility index (Phi) is 8.28. The number of nitrogens with one attached hydrogen (secondary N) is 2. The van der Waals surface area contributed by atoms with Gasteiger partial charge in [-0.05, 0) is 72.3 Å². The normalized spacial score (nSPS) is 10.6. The fourth-order valence-electron chi connectivity index (χ4n) is 3.72. The van der Waals surface area contributed by atoms with Crippen LogP contribution in [-0.4, -0.2) is 22.6 Å². The quantitative estimate of drug-likeness (QED) is 0.264. The highest BCUT2D eigenvalue weighted by Crippen LogP contribution is 2.26. The molecule has 0 saturated carbocycles. The molecule has 0 unspecified atom stereocenters. The molecule has 0 saturated heterocycles. The minimum absolute atomic E-state index is 0.127. The van der Waals surface area contributed by atoms with Crippen LogP contribution >= 0.6 is 23.2 Å². The van der Waals surface area contributed by atoms with E-state index in [2.05, 4.69) is 10.6 Å². The van der Waals surface area contributed by atoms with E-state index < -0.39 is 0 Å². The molecule has 188 valence electrons. The van der Waals surface area contributed by atoms with Crippen LogP contribution in [0, 0.1) is 0 Å². The van der Waals surface area contributed by atoms with Gasteiger partial charge in [-0.25, -0.2) is 0 Å². The number of benzene rings is 3. The lowest BCUT2D eigenvalue weighted by molar-refractivity contribution is -0.114. The zero-order chi connectivity index (χ0) is 26.4. The van der Waals surface area contributed by atoms with Crippen molar-refractivity contribution in [1.82, 2.24) is 4.90 Å². The van der Waals surface area contributed by atoms with E-state index in [0.717, 1.165) is 0 Å². The lowest BCUT2D eigenvalue weighted by Gasteiger charge is -2.24. The van der Waals surface area contributed by atoms with Crippen molar-refractivity contribution >= 4 is 52.3 Å². The van der Waals surface area contributed by atoms with Crippen LogP contribution < -0.4 is 10.6 Å². The average molecular weight is 536 g/mol. The number of hydrogen-bond donors (Lipinski definition) is 2. The Morgan fingerprint density at radius 3 is 2.30 bits per heavy atom. The van der Waals surface area contributed by atoms with Crippen molar-refractivity contribution in [1.29, 1.82) is 0 Å². The molecule has 3 aromatic carbocycles. The van der Waals surface area contributed by atoms with Gasteiger partial charge in [0.15, 0.2) is 0 Å². The monoisotopic (exact) mass is 535 g/mol. The molecule has 1 heterocycles. The molecule has 0 aliphatic heterocycles. The number of carbonyl (C=O) groups is 3. The first-order valence-corrected chi connectivity index (χ1v) is 12.1. The van der Waals surface area contributed by atoms with Crippen LogP contribution in [0.25, 0.3) is 0 Å². The van der Waals surface area contributed by atoms with Crippen molar-refractivity contribution in [3.8, 4) is 0 Å². The summed E-state index contributed by atoms with van der Waals surface area (Å²) in [4.78, 5) is 39.3. The molecule has 3 amide bonds. The van der Waals surface area contributed by atoms with E-state index in [0.29, 0.717) is 43.9 Å². The van der Waals surface area contributed by atoms with E-state index in [1.807, 2.05) is 0 Å². The van der Waals surface area contributed by atoms with Crippen molar-refractivity contribution in [2.24, 2.45) is 0 Å². The van der Waals surface area contributed by atoms with Crippen molar-refractivity contribution in [2.45, 2.75) is 20.0 Å². The molecule has 37 heavy (non-hydrogen) atoms. The summed E-state index contributed by atoms with van der Waals surface area (Å²) in [5.74, 6) is -0.263. The number of hydrogen-bond acceptors (Lipinski definition) is 4. The summed E-state index contributed by atoms with van der Waals surface area (Å²) in [5, 5.41) is 6.35. The summed E-state index contributed by atoms with van der Waals surface area (Å²) in [5.41, 5.74) is 2.46. The Morgan fingerprint density at radius 1 is 0.865 bits per heavy atom. The molecule has 0 fully saturated rings. The van der Waals surface area contributed by atoms with Crippen LogP contribution in [0.3, 0.4) is 0 Å². The van der Waals surface area contributed by atoms with Crippen LogP contribution in [0.15, 0.2) is 89.5 Å². The SMILES string of the molecule is CC(=O)Nc1ccc(C(=O)Nc2ccc(Cl)cc2CN(Cc2ccco2)C(=O)c2ccccc2Cl)cc1. The number of furan rings is 1. The summed E-state index contributed by atoms with van der Waals surface area (Å²) >= 11 is 12.6. The van der Waals surface area contributed by atoms with E-state index in [4.69, 9.17) is 27.6 Å². The number of rotatable bonds is 8. The zero-order valence-corrected chi connectivity index (χ0v) is 21.3. The van der Waals surface area contributed by atoms with Crippen molar-refractivity contribution in [2.75, 3.05) is 10.6 Å². The Morgan fingerprint density at radius 2 is 1.62 bits per heavy atom. The van der Waals surface area contributed by atoms with Crippen molar-refractivity contribution in [3.63, 3.8) is 0 Å². The molecule has 9 heteroatoms. The second-order valence-electron chi connectivity index (χ2n) is 8.23. The summed E-state index contributed by atoms with van der Waals surface area (Å²) in [6.07, 6.45) is 1.54. The van der Waals surface area contributed by atoms with Crippen molar-refractivity contribution < 1.29 is 18.8 Å². The van der Waals surface area contributed by atoms with Gasteiger partial charge in [-0.15, -0.1) is 0 Å². The minimum atomic E-state index is -0.354. The lowest BCUT2D eigenvalue weighted by atomic mass is 10.1. The molecular formula is C28H23Cl2N3O4. The van der Waals surface area contributed by atoms with Gasteiger partial charge in [0.2, 0.25) is 5.91 Å². The van der Waals surface area contributed by atoms with E-state index in [9.17, 15) is 14.4 Å². The third kappa shape index (κ3) is 6.78. The van der Waals surface area contributed by atoms with E-state index in [-0.39, 0.29) is 30.8 Å². The van der Waals surface area contributed by atoms with E-state index >= 15 is 0 Å². The number of halogens is 2. The number of carbonyl (C=O) groups excluding carboxylic acids is 3. The Labute approximate surface area is 224 Å². The van der Waals surface area contributed by atoms with Crippen molar-refractivity contribution in [3.05, 3.63) is 118 Å². The van der Waals surface area contributed by atoms with E-state index in [1.54, 1.807) is 83.8 Å². The molecule has 1 aromatic heterocycles. The predicted molar refractivity (Wildman–Crippen MR) is 144 cm³/mol. The van der Waals surface area contributed by atoms with E-state index in [1.165, 1.54) is 13.2 Å². The summed E-state index contributed by atoms with van der Waals surface area (Å²) in [7, 11) is 0. The molecular weight excluding hydrogens is 513 g/mol. The molecule has 0 aliphatic carbocycles. The predicted octanol–water partition coefficient (Wildman–Crippen LogP) is 6.64. The van der Waals surface area contributed by atoms with Gasteiger partial charge in [0.05, 0.1) is 23.4 Å². The highest BCUT2D eigenvalue weighted by molar-refractivity contribution is 6.33. The minimum Gasteiger partial charge on any atom is -0.467 e. The smallest absolute Gasteiger partial charge is 0.256 e. The fourth-order valence-corrected chi connectivity index (χ4v) is 4.13. The lowest BCUT2D eigenvalue weighted by Crippen LogP contribution is -2.30. The van der Waals surface area contributed by atoms with Gasteiger partial charge in [0.1, 0.15) is 5.76 Å². The Balaban J connectivity index is 1.60. The second kappa shape index (κ2) is 11.8. The number of anilines is 2. The van der Waals surface area contributed by atoms with Crippen LogP contribution in [0.2, 0.25) is 10.0 Å². The summed E-state index contributed by atoms with van der Waals surface area (Å²) in [6.45, 7) is 1.72. The van der Waals surface area contributed by atoms with Gasteiger partial charge in [0.25, 0.3) is 11.8 Å². The first-order chi connectivity index (χ1) is 17.8. The number of nitrogens with zero attached hydrogens (tertiary/aromatic N) is 1. The molecule has 4 aromatic rings. The summed E-state index contributed by atoms with van der Waals surface area (Å²) in [6, 6.07) is 21.9. The Bertz CT molecular complexity index is 1420. The highest BCUT2D eigenvalue weighted by Gasteiger charge is 2.22. The van der Waals surface area contributed by atoms with Crippen LogP contribution in [0.4, 0.5) is 11.4 Å². The maximum absolute atomic E-state index is 13.5. The van der Waals surface area contributed by atoms with Gasteiger partial charge in [-0.2, -0.15) is 0 Å². The number of amides is 3. The third-order valence-electron chi connectivity index (χ3n) is 5.46. The molecule has 0 atom stereocenters. The largest absolute Gasteiger partial charge is 0.467 e. The Hall–Kier alpha value is -4.07. The topological polar surface area (TPSA) is 91.7 Å². The van der Waals surface area contributed by atoms with Gasteiger partial charge >= 0.3 is 0 Å². The maximum atomic E-state index is 13.5.